The minimum Gasteiger partial charge on any atom is -0.451 e. The van der Waals surface area contributed by atoms with E-state index >= 15 is 0 Å². The lowest BCUT2D eigenvalue weighted by Gasteiger charge is -2.16. The van der Waals surface area contributed by atoms with Crippen LogP contribution in [0.25, 0.3) is 0 Å². The van der Waals surface area contributed by atoms with Gasteiger partial charge in [-0.15, -0.1) is 0 Å². The zero-order chi connectivity index (χ0) is 15.4. The molecule has 1 fully saturated rings. The quantitative estimate of drug-likeness (QED) is 0.843. The monoisotopic (exact) mass is 355 g/mol. The van der Waals surface area contributed by atoms with Gasteiger partial charge in [0.2, 0.25) is 0 Å². The van der Waals surface area contributed by atoms with Crippen LogP contribution in [-0.4, -0.2) is 30.7 Å². The lowest BCUT2D eigenvalue weighted by molar-refractivity contribution is -0.162. The zero-order valence-electron chi connectivity index (χ0n) is 12.0. The Labute approximate surface area is 132 Å². The molecule has 2 rings (SSSR count). The van der Waals surface area contributed by atoms with Crippen molar-refractivity contribution in [2.24, 2.45) is 0 Å². The van der Waals surface area contributed by atoms with Gasteiger partial charge in [-0.05, 0) is 60.3 Å². The largest absolute Gasteiger partial charge is 0.451 e. The molecule has 0 bridgehead atoms. The van der Waals surface area contributed by atoms with Crippen LogP contribution in [0.2, 0.25) is 0 Å². The molecule has 0 saturated carbocycles. The molecule has 0 aliphatic carbocycles. The van der Waals surface area contributed by atoms with Crippen molar-refractivity contribution in [3.8, 4) is 0 Å². The SMILES string of the molecule is Cc1ccc(NC(=O)[C@H](C)OC(=O)[C@@H]2CCCO2)c(Br)c1. The van der Waals surface area contributed by atoms with Crippen molar-refractivity contribution in [2.75, 3.05) is 11.9 Å². The molecule has 1 amide bonds. The van der Waals surface area contributed by atoms with Crippen LogP contribution in [0.3, 0.4) is 0 Å². The molecule has 1 aromatic rings. The van der Waals surface area contributed by atoms with Gasteiger partial charge in [-0.2, -0.15) is 0 Å². The van der Waals surface area contributed by atoms with E-state index in [1.165, 1.54) is 0 Å². The van der Waals surface area contributed by atoms with Crippen LogP contribution < -0.4 is 5.32 Å². The number of hydrogen-bond donors (Lipinski definition) is 1. The van der Waals surface area contributed by atoms with Crippen LogP contribution in [0, 0.1) is 6.92 Å². The Balaban J connectivity index is 1.91. The first-order valence-electron chi connectivity index (χ1n) is 6.86. The highest BCUT2D eigenvalue weighted by molar-refractivity contribution is 9.10. The predicted octanol–water partition coefficient (Wildman–Crippen LogP) is 2.81. The highest BCUT2D eigenvalue weighted by Crippen LogP contribution is 2.23. The summed E-state index contributed by atoms with van der Waals surface area (Å²) in [4.78, 5) is 23.8. The molecule has 1 aliphatic rings. The van der Waals surface area contributed by atoms with Crippen molar-refractivity contribution in [1.82, 2.24) is 0 Å². The van der Waals surface area contributed by atoms with E-state index < -0.39 is 18.2 Å². The fourth-order valence-corrected chi connectivity index (χ4v) is 2.62. The van der Waals surface area contributed by atoms with Gasteiger partial charge in [-0.25, -0.2) is 4.79 Å². The Bertz CT molecular complexity index is 540. The predicted molar refractivity (Wildman–Crippen MR) is 82.0 cm³/mol. The van der Waals surface area contributed by atoms with Crippen LogP contribution in [0.4, 0.5) is 5.69 Å². The summed E-state index contributed by atoms with van der Waals surface area (Å²) in [7, 11) is 0. The number of carbonyl (C=O) groups is 2. The van der Waals surface area contributed by atoms with Crippen LogP contribution in [0.5, 0.6) is 0 Å². The lowest BCUT2D eigenvalue weighted by atomic mass is 10.2. The van der Waals surface area contributed by atoms with E-state index in [0.29, 0.717) is 18.7 Å². The first-order valence-corrected chi connectivity index (χ1v) is 7.66. The summed E-state index contributed by atoms with van der Waals surface area (Å²) < 4.78 is 11.2. The van der Waals surface area contributed by atoms with E-state index in [-0.39, 0.29) is 5.91 Å². The van der Waals surface area contributed by atoms with Gasteiger partial charge in [0.1, 0.15) is 0 Å². The number of anilines is 1. The summed E-state index contributed by atoms with van der Waals surface area (Å²) >= 11 is 3.39. The molecule has 1 saturated heterocycles. The molecule has 6 heteroatoms. The standard InChI is InChI=1S/C15H18BrNO4/c1-9-5-6-12(11(16)8-9)17-14(18)10(2)21-15(19)13-4-3-7-20-13/h5-6,8,10,13H,3-4,7H2,1-2H3,(H,17,18)/t10-,13-/m0/s1. The summed E-state index contributed by atoms with van der Waals surface area (Å²) in [6.07, 6.45) is 0.0918. The molecule has 0 unspecified atom stereocenters. The molecule has 5 nitrogen and oxygen atoms in total. The van der Waals surface area contributed by atoms with Gasteiger partial charge < -0.3 is 14.8 Å². The van der Waals surface area contributed by atoms with Gasteiger partial charge >= 0.3 is 5.97 Å². The molecular weight excluding hydrogens is 338 g/mol. The zero-order valence-corrected chi connectivity index (χ0v) is 13.6. The van der Waals surface area contributed by atoms with E-state index in [0.717, 1.165) is 16.5 Å². The molecule has 1 N–H and O–H groups in total. The minimum absolute atomic E-state index is 0.370. The van der Waals surface area contributed by atoms with Gasteiger partial charge in [0.05, 0.1) is 5.69 Å². The third-order valence-corrected chi connectivity index (χ3v) is 3.89. The molecule has 0 aromatic heterocycles. The maximum Gasteiger partial charge on any atom is 0.336 e. The third-order valence-electron chi connectivity index (χ3n) is 3.24. The molecule has 1 heterocycles. The number of aryl methyl sites for hydroxylation is 1. The van der Waals surface area contributed by atoms with Crippen molar-refractivity contribution in [1.29, 1.82) is 0 Å². The number of esters is 1. The molecule has 0 radical (unpaired) electrons. The molecule has 1 aromatic carbocycles. The van der Waals surface area contributed by atoms with Crippen LogP contribution in [0.15, 0.2) is 22.7 Å². The van der Waals surface area contributed by atoms with Crippen LogP contribution in [0.1, 0.15) is 25.3 Å². The second-order valence-electron chi connectivity index (χ2n) is 5.05. The number of carbonyl (C=O) groups excluding carboxylic acids is 2. The highest BCUT2D eigenvalue weighted by Gasteiger charge is 2.28. The van der Waals surface area contributed by atoms with Crippen molar-refractivity contribution in [2.45, 2.75) is 38.9 Å². The second-order valence-corrected chi connectivity index (χ2v) is 5.91. The third kappa shape index (κ3) is 4.28. The first-order chi connectivity index (χ1) is 9.97. The van der Waals surface area contributed by atoms with Gasteiger partial charge in [0.15, 0.2) is 12.2 Å². The Morgan fingerprint density at radius 2 is 2.24 bits per heavy atom. The molecule has 2 atom stereocenters. The summed E-state index contributed by atoms with van der Waals surface area (Å²) in [5, 5.41) is 2.73. The lowest BCUT2D eigenvalue weighted by Crippen LogP contribution is -2.34. The van der Waals surface area contributed by atoms with Crippen molar-refractivity contribution >= 4 is 33.5 Å². The van der Waals surface area contributed by atoms with Crippen LogP contribution in [-0.2, 0) is 19.1 Å². The molecule has 21 heavy (non-hydrogen) atoms. The number of nitrogens with one attached hydrogen (secondary N) is 1. The Hall–Kier alpha value is -1.40. The van der Waals surface area contributed by atoms with Gasteiger partial charge in [0.25, 0.3) is 5.91 Å². The molecule has 1 aliphatic heterocycles. The maximum atomic E-state index is 12.0. The Morgan fingerprint density at radius 3 is 2.86 bits per heavy atom. The number of hydrogen-bond acceptors (Lipinski definition) is 4. The molecule has 0 spiro atoms. The van der Waals surface area contributed by atoms with E-state index in [4.69, 9.17) is 9.47 Å². The normalized spacial score (nSPS) is 19.1. The molecular formula is C15H18BrNO4. The number of amides is 1. The van der Waals surface area contributed by atoms with E-state index in [2.05, 4.69) is 21.2 Å². The van der Waals surface area contributed by atoms with E-state index in [1.54, 1.807) is 13.0 Å². The van der Waals surface area contributed by atoms with Crippen molar-refractivity contribution in [3.63, 3.8) is 0 Å². The van der Waals surface area contributed by atoms with Gasteiger partial charge in [-0.1, -0.05) is 6.07 Å². The van der Waals surface area contributed by atoms with Crippen LogP contribution >= 0.6 is 15.9 Å². The fourth-order valence-electron chi connectivity index (χ4n) is 2.02. The maximum absolute atomic E-state index is 12.0. The summed E-state index contributed by atoms with van der Waals surface area (Å²) in [5.41, 5.74) is 1.73. The van der Waals surface area contributed by atoms with Gasteiger partial charge in [-0.3, -0.25) is 4.79 Å². The summed E-state index contributed by atoms with van der Waals surface area (Å²) in [6, 6.07) is 5.59. The Morgan fingerprint density at radius 1 is 1.48 bits per heavy atom. The topological polar surface area (TPSA) is 64.6 Å². The number of ether oxygens (including phenoxy) is 2. The smallest absolute Gasteiger partial charge is 0.336 e. The average Bonchev–Trinajstić information content (AvgIpc) is 2.95. The molecule has 114 valence electrons. The van der Waals surface area contributed by atoms with E-state index in [1.807, 2.05) is 19.1 Å². The number of benzene rings is 1. The fraction of sp³-hybridized carbons (Fsp3) is 0.467. The summed E-state index contributed by atoms with van der Waals surface area (Å²) in [6.45, 7) is 4.07. The second kappa shape index (κ2) is 7.04. The Kier molecular flexibility index (Phi) is 5.36. The number of halogens is 1. The highest BCUT2D eigenvalue weighted by atomic mass is 79.9. The minimum atomic E-state index is -0.866. The van der Waals surface area contributed by atoms with E-state index in [9.17, 15) is 9.59 Å². The number of rotatable bonds is 4. The van der Waals surface area contributed by atoms with Crippen molar-refractivity contribution < 1.29 is 19.1 Å². The summed E-state index contributed by atoms with van der Waals surface area (Å²) in [5.74, 6) is -0.843. The first kappa shape index (κ1) is 16.0. The van der Waals surface area contributed by atoms with Crippen molar-refractivity contribution in [3.05, 3.63) is 28.2 Å². The van der Waals surface area contributed by atoms with Gasteiger partial charge in [0, 0.05) is 11.1 Å². The average molecular weight is 356 g/mol.